The van der Waals surface area contributed by atoms with Crippen LogP contribution in [0.4, 0.5) is 0 Å². The maximum atomic E-state index is 6.06. The van der Waals surface area contributed by atoms with E-state index in [0.717, 1.165) is 18.7 Å². The molecule has 0 spiro atoms. The molecule has 0 atom stereocenters. The third-order valence-electron chi connectivity index (χ3n) is 4.37. The van der Waals surface area contributed by atoms with E-state index in [1.54, 1.807) is 0 Å². The lowest BCUT2D eigenvalue weighted by Gasteiger charge is -2.35. The van der Waals surface area contributed by atoms with Crippen molar-refractivity contribution in [1.82, 2.24) is 10.2 Å². The Bertz CT molecular complexity index is 433. The molecular formula is C13H25N3O2Si. The quantitative estimate of drug-likeness (QED) is 0.860. The average molecular weight is 283 g/mol. The summed E-state index contributed by atoms with van der Waals surface area (Å²) in [5.74, 6) is 1.65. The summed E-state index contributed by atoms with van der Waals surface area (Å²) in [6.07, 6.45) is 1.90. The molecule has 1 saturated carbocycles. The summed E-state index contributed by atoms with van der Waals surface area (Å²) in [7, 11) is -1.76. The minimum Gasteiger partial charge on any atom is -0.423 e. The van der Waals surface area contributed by atoms with Gasteiger partial charge in [-0.2, -0.15) is 0 Å². The van der Waals surface area contributed by atoms with Gasteiger partial charge in [0.15, 0.2) is 8.32 Å². The van der Waals surface area contributed by atoms with E-state index in [0.29, 0.717) is 24.5 Å². The minimum absolute atomic E-state index is 0.191. The van der Waals surface area contributed by atoms with Crippen LogP contribution in [0.15, 0.2) is 4.42 Å². The van der Waals surface area contributed by atoms with E-state index in [2.05, 4.69) is 44.1 Å². The standard InChI is InChI=1S/C13H25N3O2Si/c1-13(2,3)19(4,5)17-8-11-15-16-12(18-11)9-6-10(14)7-9/h9-10H,6-8,14H2,1-5H3. The maximum Gasteiger partial charge on any atom is 0.240 e. The number of hydrogen-bond donors (Lipinski definition) is 1. The molecule has 0 bridgehead atoms. The fourth-order valence-corrected chi connectivity index (χ4v) is 2.73. The van der Waals surface area contributed by atoms with Gasteiger partial charge in [-0.1, -0.05) is 20.8 Å². The zero-order valence-electron chi connectivity index (χ0n) is 12.6. The highest BCUT2D eigenvalue weighted by Gasteiger charge is 2.37. The Morgan fingerprint density at radius 2 is 1.95 bits per heavy atom. The minimum atomic E-state index is -1.76. The zero-order valence-corrected chi connectivity index (χ0v) is 13.6. The molecule has 108 valence electrons. The normalized spacial score (nSPS) is 24.3. The van der Waals surface area contributed by atoms with Crippen LogP contribution in [-0.2, 0) is 11.0 Å². The van der Waals surface area contributed by atoms with Crippen LogP contribution in [0.2, 0.25) is 18.1 Å². The van der Waals surface area contributed by atoms with Crippen molar-refractivity contribution in [3.8, 4) is 0 Å². The first kappa shape index (κ1) is 14.7. The molecule has 1 aliphatic carbocycles. The Morgan fingerprint density at radius 1 is 1.32 bits per heavy atom. The Morgan fingerprint density at radius 3 is 2.47 bits per heavy atom. The Kier molecular flexibility index (Phi) is 3.86. The van der Waals surface area contributed by atoms with E-state index in [4.69, 9.17) is 14.6 Å². The predicted octanol–water partition coefficient (Wildman–Crippen LogP) is 2.80. The first-order chi connectivity index (χ1) is 8.69. The third kappa shape index (κ3) is 3.24. The van der Waals surface area contributed by atoms with Gasteiger partial charge in [0.2, 0.25) is 11.8 Å². The second-order valence-electron chi connectivity index (χ2n) is 7.01. The van der Waals surface area contributed by atoms with E-state index in [-0.39, 0.29) is 5.04 Å². The van der Waals surface area contributed by atoms with Crippen LogP contribution in [0.5, 0.6) is 0 Å². The third-order valence-corrected chi connectivity index (χ3v) is 8.85. The van der Waals surface area contributed by atoms with Gasteiger partial charge in [-0.25, -0.2) is 0 Å². The number of hydrogen-bond acceptors (Lipinski definition) is 5. The van der Waals surface area contributed by atoms with E-state index < -0.39 is 8.32 Å². The second-order valence-corrected chi connectivity index (χ2v) is 11.8. The second kappa shape index (κ2) is 4.99. The number of nitrogens with zero attached hydrogens (tertiary/aromatic N) is 2. The highest BCUT2D eigenvalue weighted by atomic mass is 28.4. The van der Waals surface area contributed by atoms with Crippen LogP contribution < -0.4 is 5.73 Å². The van der Waals surface area contributed by atoms with E-state index >= 15 is 0 Å². The summed E-state index contributed by atoms with van der Waals surface area (Å²) in [4.78, 5) is 0. The lowest BCUT2D eigenvalue weighted by atomic mass is 9.81. The van der Waals surface area contributed by atoms with Crippen molar-refractivity contribution < 1.29 is 8.84 Å². The van der Waals surface area contributed by atoms with Gasteiger partial charge in [0.1, 0.15) is 6.61 Å². The summed E-state index contributed by atoms with van der Waals surface area (Å²) >= 11 is 0. The molecule has 2 N–H and O–H groups in total. The molecular weight excluding hydrogens is 258 g/mol. The molecule has 19 heavy (non-hydrogen) atoms. The molecule has 1 fully saturated rings. The first-order valence-electron chi connectivity index (χ1n) is 6.91. The number of aromatic nitrogens is 2. The summed E-state index contributed by atoms with van der Waals surface area (Å²) < 4.78 is 11.7. The van der Waals surface area contributed by atoms with Gasteiger partial charge in [0.05, 0.1) is 0 Å². The summed E-state index contributed by atoms with van der Waals surface area (Å²) in [6, 6.07) is 0.295. The van der Waals surface area contributed by atoms with Gasteiger partial charge in [-0.15, -0.1) is 10.2 Å². The largest absolute Gasteiger partial charge is 0.423 e. The summed E-state index contributed by atoms with van der Waals surface area (Å²) in [5, 5.41) is 8.36. The molecule has 0 radical (unpaired) electrons. The molecule has 1 aliphatic rings. The summed E-state index contributed by atoms with van der Waals surface area (Å²) in [5.41, 5.74) is 5.77. The van der Waals surface area contributed by atoms with Crippen molar-refractivity contribution in [1.29, 1.82) is 0 Å². The SMILES string of the molecule is CC(C)(C)[Si](C)(C)OCc1nnc(C2CC(N)C2)o1. The fourth-order valence-electron chi connectivity index (χ4n) is 1.81. The Balaban J connectivity index is 1.90. The van der Waals surface area contributed by atoms with Crippen LogP contribution in [0, 0.1) is 0 Å². The monoisotopic (exact) mass is 283 g/mol. The summed E-state index contributed by atoms with van der Waals surface area (Å²) in [6.45, 7) is 11.5. The molecule has 5 nitrogen and oxygen atoms in total. The first-order valence-corrected chi connectivity index (χ1v) is 9.82. The van der Waals surface area contributed by atoms with E-state index in [1.807, 2.05) is 0 Å². The molecule has 0 saturated heterocycles. The van der Waals surface area contributed by atoms with E-state index in [9.17, 15) is 0 Å². The average Bonchev–Trinajstić information content (AvgIpc) is 2.69. The van der Waals surface area contributed by atoms with Crippen molar-refractivity contribution in [2.45, 2.75) is 70.3 Å². The molecule has 1 aromatic rings. The molecule has 0 aromatic carbocycles. The lowest BCUT2D eigenvalue weighted by Crippen LogP contribution is -2.40. The fraction of sp³-hybridized carbons (Fsp3) is 0.846. The molecule has 1 heterocycles. The molecule has 0 aliphatic heterocycles. The number of rotatable bonds is 4. The van der Waals surface area contributed by atoms with Crippen molar-refractivity contribution >= 4 is 8.32 Å². The molecule has 6 heteroatoms. The van der Waals surface area contributed by atoms with Gasteiger partial charge in [0, 0.05) is 12.0 Å². The highest BCUT2D eigenvalue weighted by molar-refractivity contribution is 6.74. The molecule has 1 aromatic heterocycles. The van der Waals surface area contributed by atoms with Crippen LogP contribution in [-0.4, -0.2) is 24.6 Å². The highest BCUT2D eigenvalue weighted by Crippen LogP contribution is 2.37. The van der Waals surface area contributed by atoms with Gasteiger partial charge < -0.3 is 14.6 Å². The molecule has 2 rings (SSSR count). The zero-order chi connectivity index (χ0) is 14.3. The van der Waals surface area contributed by atoms with Crippen LogP contribution in [0.25, 0.3) is 0 Å². The van der Waals surface area contributed by atoms with Crippen molar-refractivity contribution in [2.75, 3.05) is 0 Å². The van der Waals surface area contributed by atoms with Crippen LogP contribution >= 0.6 is 0 Å². The molecule has 0 amide bonds. The lowest BCUT2D eigenvalue weighted by molar-refractivity contribution is 0.225. The van der Waals surface area contributed by atoms with Crippen molar-refractivity contribution in [2.24, 2.45) is 5.73 Å². The maximum absolute atomic E-state index is 6.06. The smallest absolute Gasteiger partial charge is 0.240 e. The predicted molar refractivity (Wildman–Crippen MR) is 76.2 cm³/mol. The molecule has 0 unspecified atom stereocenters. The Hall–Kier alpha value is -0.723. The van der Waals surface area contributed by atoms with Crippen molar-refractivity contribution in [3.05, 3.63) is 11.8 Å². The van der Waals surface area contributed by atoms with Gasteiger partial charge in [0.25, 0.3) is 0 Å². The van der Waals surface area contributed by atoms with Crippen LogP contribution in [0.1, 0.15) is 51.3 Å². The topological polar surface area (TPSA) is 74.2 Å². The van der Waals surface area contributed by atoms with Crippen molar-refractivity contribution in [3.63, 3.8) is 0 Å². The van der Waals surface area contributed by atoms with Gasteiger partial charge >= 0.3 is 0 Å². The van der Waals surface area contributed by atoms with E-state index in [1.165, 1.54) is 0 Å². The Labute approximate surface area is 116 Å². The van der Waals surface area contributed by atoms with Gasteiger partial charge in [-0.3, -0.25) is 0 Å². The van der Waals surface area contributed by atoms with Crippen LogP contribution in [0.3, 0.4) is 0 Å². The number of nitrogens with two attached hydrogens (primary N) is 1. The van der Waals surface area contributed by atoms with Gasteiger partial charge in [-0.05, 0) is 31.0 Å².